The molecule has 11 heteroatoms. The Labute approximate surface area is 205 Å². The van der Waals surface area contributed by atoms with Crippen LogP contribution in [-0.4, -0.2) is 46.2 Å². The normalized spacial score (nSPS) is 21.9. The summed E-state index contributed by atoms with van der Waals surface area (Å²) in [7, 11) is 0. The predicted molar refractivity (Wildman–Crippen MR) is 123 cm³/mol. The third-order valence-electron chi connectivity index (χ3n) is 7.22. The van der Waals surface area contributed by atoms with Gasteiger partial charge < -0.3 is 15.0 Å². The smallest absolute Gasteiger partial charge is 0.398 e. The standard InChI is InChI=1S/C25H24F3N5O3/c1-23(2)21(34)33(18-5-3-16(4-6-18)24(9-10-24)25(26,27)28)22(35)32(23)13-15-8-12-30-20-19(15)36-14-17(31-20)7-11-29/h3-6,8,12,17H,7,9-10,13-14H2,1-2H3,(H,30,31)/t17-/m1/s1. The predicted octanol–water partition coefficient (Wildman–Crippen LogP) is 4.51. The quantitative estimate of drug-likeness (QED) is 0.608. The second kappa shape index (κ2) is 8.11. The van der Waals surface area contributed by atoms with Crippen molar-refractivity contribution in [1.82, 2.24) is 9.88 Å². The summed E-state index contributed by atoms with van der Waals surface area (Å²) in [6.45, 7) is 3.56. The molecule has 1 N–H and O–H groups in total. The highest BCUT2D eigenvalue weighted by molar-refractivity contribution is 6.22. The molecule has 188 valence electrons. The molecule has 8 nitrogen and oxygen atoms in total. The van der Waals surface area contributed by atoms with Gasteiger partial charge >= 0.3 is 12.2 Å². The van der Waals surface area contributed by atoms with Crippen LogP contribution in [-0.2, 0) is 16.8 Å². The van der Waals surface area contributed by atoms with Crippen molar-refractivity contribution in [3.05, 3.63) is 47.7 Å². The van der Waals surface area contributed by atoms with E-state index in [4.69, 9.17) is 10.00 Å². The van der Waals surface area contributed by atoms with Crippen molar-refractivity contribution >= 4 is 23.4 Å². The number of hydrogen-bond acceptors (Lipinski definition) is 6. The van der Waals surface area contributed by atoms with Gasteiger partial charge in [0.15, 0.2) is 11.6 Å². The summed E-state index contributed by atoms with van der Waals surface area (Å²) in [5, 5.41) is 12.1. The topological polar surface area (TPSA) is 98.6 Å². The van der Waals surface area contributed by atoms with Crippen LogP contribution in [0.15, 0.2) is 36.5 Å². The average Bonchev–Trinajstić information content (AvgIpc) is 3.63. The number of benzene rings is 1. The maximum absolute atomic E-state index is 13.5. The van der Waals surface area contributed by atoms with Crippen LogP contribution in [0.2, 0.25) is 0 Å². The number of fused-ring (bicyclic) bond motifs is 1. The van der Waals surface area contributed by atoms with E-state index in [0.29, 0.717) is 17.1 Å². The Morgan fingerprint density at radius 2 is 1.89 bits per heavy atom. The van der Waals surface area contributed by atoms with E-state index in [-0.39, 0.29) is 49.7 Å². The summed E-state index contributed by atoms with van der Waals surface area (Å²) in [6, 6.07) is 8.49. The zero-order valence-electron chi connectivity index (χ0n) is 19.7. The third kappa shape index (κ3) is 3.63. The van der Waals surface area contributed by atoms with Gasteiger partial charge in [0.05, 0.1) is 36.2 Å². The molecule has 2 aliphatic heterocycles. The lowest BCUT2D eigenvalue weighted by Crippen LogP contribution is -2.44. The Morgan fingerprint density at radius 3 is 2.50 bits per heavy atom. The van der Waals surface area contributed by atoms with E-state index >= 15 is 0 Å². The fraction of sp³-hybridized carbons (Fsp3) is 0.440. The number of rotatable bonds is 5. The molecular formula is C25H24F3N5O3. The van der Waals surface area contributed by atoms with Crippen LogP contribution in [0, 0.1) is 11.3 Å². The summed E-state index contributed by atoms with van der Waals surface area (Å²) in [5.41, 5.74) is -2.05. The summed E-state index contributed by atoms with van der Waals surface area (Å²) in [6.07, 6.45) is -2.48. The highest BCUT2D eigenvalue weighted by Gasteiger charge is 2.64. The lowest BCUT2D eigenvalue weighted by atomic mass is 9.95. The molecule has 0 radical (unpaired) electrons. The van der Waals surface area contributed by atoms with Crippen LogP contribution < -0.4 is 15.0 Å². The Hall–Kier alpha value is -3.81. The lowest BCUT2D eigenvalue weighted by Gasteiger charge is -2.31. The number of amides is 3. The fourth-order valence-corrected chi connectivity index (χ4v) is 4.81. The Morgan fingerprint density at radius 1 is 1.19 bits per heavy atom. The first-order valence-electron chi connectivity index (χ1n) is 11.6. The van der Waals surface area contributed by atoms with Gasteiger partial charge in [-0.15, -0.1) is 0 Å². The number of ether oxygens (including phenoxy) is 1. The van der Waals surface area contributed by atoms with Gasteiger partial charge in [0.25, 0.3) is 5.91 Å². The number of imide groups is 1. The zero-order valence-corrected chi connectivity index (χ0v) is 19.7. The number of carbonyl (C=O) groups excluding carboxylic acids is 2. The van der Waals surface area contributed by atoms with Gasteiger partial charge in [-0.3, -0.25) is 4.79 Å². The van der Waals surface area contributed by atoms with E-state index in [1.165, 1.54) is 29.2 Å². The number of nitrogens with one attached hydrogen (secondary N) is 1. The van der Waals surface area contributed by atoms with Gasteiger partial charge in [0, 0.05) is 11.8 Å². The van der Waals surface area contributed by atoms with Gasteiger partial charge in [-0.25, -0.2) is 14.7 Å². The number of aromatic nitrogens is 1. The van der Waals surface area contributed by atoms with E-state index in [1.807, 2.05) is 0 Å². The number of nitrogens with zero attached hydrogens (tertiary/aromatic N) is 4. The fourth-order valence-electron chi connectivity index (χ4n) is 4.81. The molecule has 1 saturated carbocycles. The molecule has 2 fully saturated rings. The summed E-state index contributed by atoms with van der Waals surface area (Å²) in [5.74, 6) is 0.432. The molecule has 0 spiro atoms. The second-order valence-electron chi connectivity index (χ2n) is 9.86. The van der Waals surface area contributed by atoms with Gasteiger partial charge in [-0.2, -0.15) is 18.4 Å². The first-order chi connectivity index (χ1) is 17.0. The molecule has 0 bridgehead atoms. The largest absolute Gasteiger partial charge is 0.487 e. The zero-order chi connectivity index (χ0) is 25.9. The van der Waals surface area contributed by atoms with Gasteiger partial charge in [-0.1, -0.05) is 12.1 Å². The molecule has 1 aromatic carbocycles. The van der Waals surface area contributed by atoms with Gasteiger partial charge in [-0.05, 0) is 50.5 Å². The number of alkyl halides is 3. The highest BCUT2D eigenvalue weighted by Crippen LogP contribution is 2.59. The molecule has 1 aromatic heterocycles. The van der Waals surface area contributed by atoms with Crippen LogP contribution in [0.25, 0.3) is 0 Å². The average molecular weight is 499 g/mol. The Balaban J connectivity index is 1.40. The van der Waals surface area contributed by atoms with Crippen molar-refractivity contribution in [3.63, 3.8) is 0 Å². The summed E-state index contributed by atoms with van der Waals surface area (Å²) < 4.78 is 46.3. The maximum Gasteiger partial charge on any atom is 0.398 e. The molecule has 1 saturated heterocycles. The Bertz CT molecular complexity index is 1270. The minimum Gasteiger partial charge on any atom is -0.487 e. The number of urea groups is 1. The summed E-state index contributed by atoms with van der Waals surface area (Å²) >= 11 is 0. The molecule has 2 aromatic rings. The van der Waals surface area contributed by atoms with E-state index < -0.39 is 29.1 Å². The van der Waals surface area contributed by atoms with Crippen molar-refractivity contribution < 1.29 is 27.5 Å². The van der Waals surface area contributed by atoms with Crippen LogP contribution in [0.5, 0.6) is 5.75 Å². The third-order valence-corrected chi connectivity index (χ3v) is 7.22. The first-order valence-corrected chi connectivity index (χ1v) is 11.6. The number of nitriles is 1. The number of halogens is 3. The lowest BCUT2D eigenvalue weighted by molar-refractivity contribution is -0.160. The minimum atomic E-state index is -4.35. The second-order valence-corrected chi connectivity index (χ2v) is 9.86. The van der Waals surface area contributed by atoms with Gasteiger partial charge in [0.1, 0.15) is 12.1 Å². The van der Waals surface area contributed by atoms with Crippen molar-refractivity contribution in [2.75, 3.05) is 16.8 Å². The maximum atomic E-state index is 13.5. The van der Waals surface area contributed by atoms with E-state index in [1.54, 1.807) is 26.1 Å². The highest BCUT2D eigenvalue weighted by atomic mass is 19.4. The molecule has 1 aliphatic carbocycles. The summed E-state index contributed by atoms with van der Waals surface area (Å²) in [4.78, 5) is 33.4. The van der Waals surface area contributed by atoms with E-state index in [9.17, 15) is 22.8 Å². The monoisotopic (exact) mass is 499 g/mol. The van der Waals surface area contributed by atoms with Crippen LogP contribution in [0.4, 0.5) is 29.5 Å². The van der Waals surface area contributed by atoms with E-state index in [2.05, 4.69) is 16.4 Å². The molecule has 36 heavy (non-hydrogen) atoms. The van der Waals surface area contributed by atoms with Crippen molar-refractivity contribution in [1.29, 1.82) is 5.26 Å². The number of pyridine rings is 1. The molecular weight excluding hydrogens is 475 g/mol. The van der Waals surface area contributed by atoms with Crippen molar-refractivity contribution in [2.24, 2.45) is 0 Å². The number of hydrogen-bond donors (Lipinski definition) is 1. The van der Waals surface area contributed by atoms with Crippen molar-refractivity contribution in [3.8, 4) is 11.8 Å². The number of anilines is 2. The van der Waals surface area contributed by atoms with E-state index in [0.717, 1.165) is 4.90 Å². The first kappa shape index (κ1) is 23.9. The molecule has 3 amide bonds. The minimum absolute atomic E-state index is 0.0304. The molecule has 5 rings (SSSR count). The SMILES string of the molecule is CC1(C)C(=O)N(c2ccc(C3(C(F)(F)F)CC3)cc2)C(=O)N1Cc1ccnc2c1OC[C@@H](CC#N)N2. The Kier molecular flexibility index (Phi) is 5.39. The molecule has 0 unspecified atom stereocenters. The molecule has 1 atom stereocenters. The number of carbonyl (C=O) groups is 2. The van der Waals surface area contributed by atoms with Crippen molar-refractivity contribution in [2.45, 2.75) is 62.8 Å². The molecule has 3 heterocycles. The molecule has 3 aliphatic rings. The van der Waals surface area contributed by atoms with Crippen LogP contribution in [0.1, 0.15) is 44.2 Å². The van der Waals surface area contributed by atoms with Crippen LogP contribution in [0.3, 0.4) is 0 Å². The van der Waals surface area contributed by atoms with Crippen LogP contribution >= 0.6 is 0 Å². The van der Waals surface area contributed by atoms with Gasteiger partial charge in [0.2, 0.25) is 0 Å².